The molecule has 2 N–H and O–H groups in total. The molecule has 1 unspecified atom stereocenters. The highest BCUT2D eigenvalue weighted by atomic mass is 35.5. The zero-order chi connectivity index (χ0) is 12.1. The van der Waals surface area contributed by atoms with Gasteiger partial charge in [0, 0.05) is 25.8 Å². The van der Waals surface area contributed by atoms with Gasteiger partial charge in [-0.2, -0.15) is 0 Å². The van der Waals surface area contributed by atoms with Gasteiger partial charge in [-0.05, 0) is 24.5 Å². The predicted molar refractivity (Wildman–Crippen MR) is 69.9 cm³/mol. The lowest BCUT2D eigenvalue weighted by atomic mass is 10.0. The molecule has 3 nitrogen and oxygen atoms in total. The molecule has 1 atom stereocenters. The number of hydrogen-bond donors (Lipinski definition) is 1. The highest BCUT2D eigenvalue weighted by Gasteiger charge is 2.11. The Labute approximate surface area is 103 Å². The molecule has 1 aromatic rings. The number of aromatic nitrogens is 1. The van der Waals surface area contributed by atoms with Gasteiger partial charge in [0.1, 0.15) is 5.82 Å². The Hall–Kier alpha value is -0.800. The van der Waals surface area contributed by atoms with Gasteiger partial charge in [0.25, 0.3) is 0 Å². The van der Waals surface area contributed by atoms with E-state index < -0.39 is 0 Å². The summed E-state index contributed by atoms with van der Waals surface area (Å²) in [7, 11) is 1.99. The number of rotatable bonds is 5. The molecule has 16 heavy (non-hydrogen) atoms. The first-order chi connectivity index (χ1) is 7.52. The van der Waals surface area contributed by atoms with E-state index in [2.05, 4.69) is 18.8 Å². The second-order valence-electron chi connectivity index (χ2n) is 4.43. The molecule has 0 radical (unpaired) electrons. The van der Waals surface area contributed by atoms with E-state index in [1.807, 2.05) is 24.1 Å². The summed E-state index contributed by atoms with van der Waals surface area (Å²) in [6.07, 6.45) is 2.70. The first kappa shape index (κ1) is 13.3. The van der Waals surface area contributed by atoms with Gasteiger partial charge < -0.3 is 10.6 Å². The van der Waals surface area contributed by atoms with Crippen molar-refractivity contribution in [3.05, 3.63) is 23.4 Å². The SMILES string of the molecule is CC(C)C(N)CCN(C)c1ncccc1Cl. The maximum Gasteiger partial charge on any atom is 0.147 e. The van der Waals surface area contributed by atoms with Gasteiger partial charge in [0.2, 0.25) is 0 Å². The van der Waals surface area contributed by atoms with E-state index in [0.29, 0.717) is 10.9 Å². The van der Waals surface area contributed by atoms with Crippen LogP contribution in [0.4, 0.5) is 5.82 Å². The predicted octanol–water partition coefficient (Wildman–Crippen LogP) is 2.54. The maximum atomic E-state index is 6.06. The van der Waals surface area contributed by atoms with Crippen LogP contribution >= 0.6 is 11.6 Å². The molecule has 1 rings (SSSR count). The monoisotopic (exact) mass is 241 g/mol. The third-order valence-electron chi connectivity index (χ3n) is 2.75. The minimum Gasteiger partial charge on any atom is -0.358 e. The molecular formula is C12H20ClN3. The number of pyridine rings is 1. The van der Waals surface area contributed by atoms with Crippen LogP contribution in [0.15, 0.2) is 18.3 Å². The minimum atomic E-state index is 0.227. The summed E-state index contributed by atoms with van der Waals surface area (Å²) in [6.45, 7) is 5.15. The first-order valence-corrected chi connectivity index (χ1v) is 5.97. The van der Waals surface area contributed by atoms with E-state index in [-0.39, 0.29) is 6.04 Å². The molecule has 0 spiro atoms. The molecule has 0 amide bonds. The Morgan fingerprint density at radius 2 is 2.19 bits per heavy atom. The van der Waals surface area contributed by atoms with Crippen molar-refractivity contribution in [2.75, 3.05) is 18.5 Å². The topological polar surface area (TPSA) is 42.1 Å². The Kier molecular flexibility index (Phi) is 5.03. The summed E-state index contributed by atoms with van der Waals surface area (Å²) >= 11 is 6.06. The van der Waals surface area contributed by atoms with Crippen molar-refractivity contribution in [3.8, 4) is 0 Å². The van der Waals surface area contributed by atoms with E-state index in [0.717, 1.165) is 18.8 Å². The molecule has 0 bridgehead atoms. The molecule has 1 aromatic heterocycles. The van der Waals surface area contributed by atoms with E-state index in [1.165, 1.54) is 0 Å². The Morgan fingerprint density at radius 3 is 2.75 bits per heavy atom. The van der Waals surface area contributed by atoms with Crippen LogP contribution in [0, 0.1) is 5.92 Å². The third-order valence-corrected chi connectivity index (χ3v) is 3.05. The van der Waals surface area contributed by atoms with Crippen LogP contribution in [0.2, 0.25) is 5.02 Å². The quantitative estimate of drug-likeness (QED) is 0.862. The lowest BCUT2D eigenvalue weighted by Gasteiger charge is -2.22. The van der Waals surface area contributed by atoms with Crippen molar-refractivity contribution in [2.45, 2.75) is 26.3 Å². The summed E-state index contributed by atoms with van der Waals surface area (Å²) in [5.41, 5.74) is 6.00. The highest BCUT2D eigenvalue weighted by Crippen LogP contribution is 2.21. The molecule has 4 heteroatoms. The van der Waals surface area contributed by atoms with Crippen LogP contribution in [0.25, 0.3) is 0 Å². The first-order valence-electron chi connectivity index (χ1n) is 5.59. The Bertz CT molecular complexity index is 328. The van der Waals surface area contributed by atoms with Crippen LogP contribution < -0.4 is 10.6 Å². The number of nitrogens with zero attached hydrogens (tertiary/aromatic N) is 2. The van der Waals surface area contributed by atoms with Gasteiger partial charge >= 0.3 is 0 Å². The summed E-state index contributed by atoms with van der Waals surface area (Å²) in [5.74, 6) is 1.33. The van der Waals surface area contributed by atoms with Crippen LogP contribution in [-0.4, -0.2) is 24.6 Å². The van der Waals surface area contributed by atoms with Crippen molar-refractivity contribution in [1.82, 2.24) is 4.98 Å². The average molecular weight is 242 g/mol. The Morgan fingerprint density at radius 1 is 1.50 bits per heavy atom. The number of halogens is 1. The summed E-state index contributed by atoms with van der Waals surface area (Å²) in [4.78, 5) is 6.30. The van der Waals surface area contributed by atoms with Gasteiger partial charge in [-0.3, -0.25) is 0 Å². The molecule has 0 aliphatic carbocycles. The van der Waals surface area contributed by atoms with Gasteiger partial charge in [-0.15, -0.1) is 0 Å². The molecule has 0 fully saturated rings. The van der Waals surface area contributed by atoms with E-state index >= 15 is 0 Å². The highest BCUT2D eigenvalue weighted by molar-refractivity contribution is 6.32. The molecular weight excluding hydrogens is 222 g/mol. The second kappa shape index (κ2) is 6.06. The fourth-order valence-electron chi connectivity index (χ4n) is 1.44. The van der Waals surface area contributed by atoms with Crippen molar-refractivity contribution < 1.29 is 0 Å². The largest absolute Gasteiger partial charge is 0.358 e. The zero-order valence-electron chi connectivity index (χ0n) is 10.2. The molecule has 1 heterocycles. The van der Waals surface area contributed by atoms with E-state index in [4.69, 9.17) is 17.3 Å². The van der Waals surface area contributed by atoms with Gasteiger partial charge in [-0.1, -0.05) is 25.4 Å². The van der Waals surface area contributed by atoms with Crippen LogP contribution in [0.3, 0.4) is 0 Å². The lowest BCUT2D eigenvalue weighted by Crippen LogP contribution is -2.32. The molecule has 0 aromatic carbocycles. The van der Waals surface area contributed by atoms with Gasteiger partial charge in [0.15, 0.2) is 0 Å². The molecule has 0 saturated carbocycles. The normalized spacial score (nSPS) is 12.9. The molecule has 0 aliphatic rings. The minimum absolute atomic E-state index is 0.227. The second-order valence-corrected chi connectivity index (χ2v) is 4.83. The molecule has 0 aliphatic heterocycles. The van der Waals surface area contributed by atoms with Crippen LogP contribution in [0.1, 0.15) is 20.3 Å². The Balaban J connectivity index is 2.53. The summed E-state index contributed by atoms with van der Waals surface area (Å²) < 4.78 is 0. The summed E-state index contributed by atoms with van der Waals surface area (Å²) in [6, 6.07) is 3.91. The number of anilines is 1. The van der Waals surface area contributed by atoms with E-state index in [9.17, 15) is 0 Å². The van der Waals surface area contributed by atoms with Crippen LogP contribution in [0.5, 0.6) is 0 Å². The third kappa shape index (κ3) is 3.65. The lowest BCUT2D eigenvalue weighted by molar-refractivity contribution is 0.466. The van der Waals surface area contributed by atoms with Gasteiger partial charge in [0.05, 0.1) is 5.02 Å². The standard InChI is InChI=1S/C12H20ClN3/c1-9(2)11(14)6-8-16(3)12-10(13)5-4-7-15-12/h4-5,7,9,11H,6,8,14H2,1-3H3. The number of nitrogens with two attached hydrogens (primary N) is 1. The zero-order valence-corrected chi connectivity index (χ0v) is 10.9. The fraction of sp³-hybridized carbons (Fsp3) is 0.583. The van der Waals surface area contributed by atoms with E-state index in [1.54, 1.807) is 6.20 Å². The van der Waals surface area contributed by atoms with Gasteiger partial charge in [-0.25, -0.2) is 4.98 Å². The number of hydrogen-bond acceptors (Lipinski definition) is 3. The van der Waals surface area contributed by atoms with Crippen molar-refractivity contribution >= 4 is 17.4 Å². The van der Waals surface area contributed by atoms with Crippen molar-refractivity contribution in [2.24, 2.45) is 11.7 Å². The average Bonchev–Trinajstić information content (AvgIpc) is 2.25. The summed E-state index contributed by atoms with van der Waals surface area (Å²) in [5, 5.41) is 0.683. The van der Waals surface area contributed by atoms with Crippen molar-refractivity contribution in [1.29, 1.82) is 0 Å². The van der Waals surface area contributed by atoms with Crippen molar-refractivity contribution in [3.63, 3.8) is 0 Å². The van der Waals surface area contributed by atoms with Crippen LogP contribution in [-0.2, 0) is 0 Å². The molecule has 90 valence electrons. The maximum absolute atomic E-state index is 6.06. The smallest absolute Gasteiger partial charge is 0.147 e. The molecule has 0 saturated heterocycles. The fourth-order valence-corrected chi connectivity index (χ4v) is 1.71.